The summed E-state index contributed by atoms with van der Waals surface area (Å²) in [6, 6.07) is 11.0. The Balaban J connectivity index is 1.89. The highest BCUT2D eigenvalue weighted by molar-refractivity contribution is 7.12. The monoisotopic (exact) mass is 360 g/mol. The zero-order valence-corrected chi connectivity index (χ0v) is 14.8. The standard InChI is InChI=1S/C18H20N2O4S/c1-12(2)16(20-18(23)19-13-7-4-3-5-8-13)17(22)24-11-14(21)15-9-6-10-25-15/h3-10,12,16H,11H2,1-2H3,(H2,19,20,23)/t16-/m0/s1. The second-order valence-corrected chi connectivity index (χ2v) is 6.64. The van der Waals surface area contributed by atoms with Crippen LogP contribution in [-0.4, -0.2) is 30.4 Å². The lowest BCUT2D eigenvalue weighted by molar-refractivity contribution is -0.145. The number of carbonyl (C=O) groups is 3. The topological polar surface area (TPSA) is 84.5 Å². The molecule has 1 aromatic heterocycles. The maximum atomic E-state index is 12.2. The van der Waals surface area contributed by atoms with E-state index in [0.29, 0.717) is 10.6 Å². The van der Waals surface area contributed by atoms with Gasteiger partial charge in [0.2, 0.25) is 5.78 Å². The minimum Gasteiger partial charge on any atom is -0.456 e. The van der Waals surface area contributed by atoms with Crippen molar-refractivity contribution in [3.05, 3.63) is 52.7 Å². The highest BCUT2D eigenvalue weighted by atomic mass is 32.1. The molecule has 0 spiro atoms. The fourth-order valence-electron chi connectivity index (χ4n) is 2.06. The highest BCUT2D eigenvalue weighted by Crippen LogP contribution is 2.11. The van der Waals surface area contributed by atoms with Crippen LogP contribution in [-0.2, 0) is 9.53 Å². The lowest BCUT2D eigenvalue weighted by atomic mass is 10.1. The third-order valence-electron chi connectivity index (χ3n) is 3.38. The van der Waals surface area contributed by atoms with Crippen LogP contribution in [0.2, 0.25) is 0 Å². The molecule has 25 heavy (non-hydrogen) atoms. The lowest BCUT2D eigenvalue weighted by Crippen LogP contribution is -2.47. The van der Waals surface area contributed by atoms with Gasteiger partial charge in [-0.05, 0) is 29.5 Å². The van der Waals surface area contributed by atoms with Crippen molar-refractivity contribution in [2.75, 3.05) is 11.9 Å². The maximum Gasteiger partial charge on any atom is 0.329 e. The Bertz CT molecular complexity index is 714. The number of ether oxygens (including phenoxy) is 1. The molecule has 2 amide bonds. The van der Waals surface area contributed by atoms with E-state index in [9.17, 15) is 14.4 Å². The van der Waals surface area contributed by atoms with Gasteiger partial charge in [0.1, 0.15) is 6.04 Å². The number of para-hydroxylation sites is 1. The second-order valence-electron chi connectivity index (χ2n) is 5.69. The Hall–Kier alpha value is -2.67. The number of hydrogen-bond acceptors (Lipinski definition) is 5. The molecule has 1 atom stereocenters. The number of benzene rings is 1. The molecule has 0 aliphatic heterocycles. The van der Waals surface area contributed by atoms with Gasteiger partial charge in [-0.25, -0.2) is 9.59 Å². The first-order chi connectivity index (χ1) is 12.0. The first-order valence-electron chi connectivity index (χ1n) is 7.83. The van der Waals surface area contributed by atoms with Gasteiger partial charge in [-0.15, -0.1) is 11.3 Å². The van der Waals surface area contributed by atoms with Crippen LogP contribution >= 0.6 is 11.3 Å². The first kappa shape index (κ1) is 18.7. The third kappa shape index (κ3) is 5.72. The van der Waals surface area contributed by atoms with Crippen molar-refractivity contribution in [1.29, 1.82) is 0 Å². The van der Waals surface area contributed by atoms with Crippen molar-refractivity contribution >= 4 is 34.8 Å². The number of carbonyl (C=O) groups excluding carboxylic acids is 3. The fourth-order valence-corrected chi connectivity index (χ4v) is 2.71. The lowest BCUT2D eigenvalue weighted by Gasteiger charge is -2.20. The summed E-state index contributed by atoms with van der Waals surface area (Å²) in [4.78, 5) is 36.7. The zero-order chi connectivity index (χ0) is 18.2. The summed E-state index contributed by atoms with van der Waals surface area (Å²) >= 11 is 1.29. The molecular weight excluding hydrogens is 340 g/mol. The van der Waals surface area contributed by atoms with Gasteiger partial charge < -0.3 is 15.4 Å². The number of rotatable bonds is 7. The normalized spacial score (nSPS) is 11.6. The molecule has 1 heterocycles. The Morgan fingerprint density at radius 2 is 1.80 bits per heavy atom. The first-order valence-corrected chi connectivity index (χ1v) is 8.71. The average Bonchev–Trinajstić information content (AvgIpc) is 3.12. The summed E-state index contributed by atoms with van der Waals surface area (Å²) in [6.45, 7) is 3.23. The van der Waals surface area contributed by atoms with E-state index in [-0.39, 0.29) is 18.3 Å². The molecule has 2 N–H and O–H groups in total. The minimum atomic E-state index is -0.847. The number of hydrogen-bond donors (Lipinski definition) is 2. The van der Waals surface area contributed by atoms with Crippen LogP contribution in [0.15, 0.2) is 47.8 Å². The predicted octanol–water partition coefficient (Wildman–Crippen LogP) is 3.32. The number of urea groups is 1. The molecule has 0 aliphatic rings. The molecule has 132 valence electrons. The molecule has 0 fully saturated rings. The Kier molecular flexibility index (Phi) is 6.71. The van der Waals surface area contributed by atoms with Crippen LogP contribution in [0.25, 0.3) is 0 Å². The largest absolute Gasteiger partial charge is 0.456 e. The van der Waals surface area contributed by atoms with Crippen molar-refractivity contribution in [1.82, 2.24) is 5.32 Å². The highest BCUT2D eigenvalue weighted by Gasteiger charge is 2.26. The summed E-state index contributed by atoms with van der Waals surface area (Å²) in [5.74, 6) is -1.09. The third-order valence-corrected chi connectivity index (χ3v) is 4.29. The van der Waals surface area contributed by atoms with Crippen LogP contribution in [0.3, 0.4) is 0 Å². The van der Waals surface area contributed by atoms with E-state index in [1.165, 1.54) is 11.3 Å². The van der Waals surface area contributed by atoms with Crippen LogP contribution in [0.5, 0.6) is 0 Å². The van der Waals surface area contributed by atoms with Crippen molar-refractivity contribution < 1.29 is 19.1 Å². The van der Waals surface area contributed by atoms with Gasteiger partial charge in [-0.2, -0.15) is 0 Å². The van der Waals surface area contributed by atoms with Crippen molar-refractivity contribution in [2.45, 2.75) is 19.9 Å². The van der Waals surface area contributed by atoms with Crippen LogP contribution in [0, 0.1) is 5.92 Å². The molecule has 6 nitrogen and oxygen atoms in total. The predicted molar refractivity (Wildman–Crippen MR) is 96.8 cm³/mol. The number of esters is 1. The number of thiophene rings is 1. The van der Waals surface area contributed by atoms with E-state index in [1.807, 2.05) is 6.07 Å². The summed E-state index contributed by atoms with van der Waals surface area (Å²) in [5, 5.41) is 7.02. The molecule has 0 saturated heterocycles. The summed E-state index contributed by atoms with van der Waals surface area (Å²) < 4.78 is 5.08. The molecule has 0 unspecified atom stereocenters. The fraction of sp³-hybridized carbons (Fsp3) is 0.278. The second kappa shape index (κ2) is 8.98. The maximum absolute atomic E-state index is 12.2. The summed E-state index contributed by atoms with van der Waals surface area (Å²) in [5.41, 5.74) is 0.615. The number of nitrogens with one attached hydrogen (secondary N) is 2. The van der Waals surface area contributed by atoms with Crippen molar-refractivity contribution in [3.63, 3.8) is 0 Å². The van der Waals surface area contributed by atoms with Gasteiger partial charge in [0.25, 0.3) is 0 Å². The van der Waals surface area contributed by atoms with Crippen LogP contribution in [0.4, 0.5) is 10.5 Å². The van der Waals surface area contributed by atoms with Gasteiger partial charge in [0, 0.05) is 5.69 Å². The van der Waals surface area contributed by atoms with Gasteiger partial charge in [-0.1, -0.05) is 38.1 Å². The van der Waals surface area contributed by atoms with Crippen LogP contribution < -0.4 is 10.6 Å². The number of anilines is 1. The Labute approximate surface area is 150 Å². The zero-order valence-electron chi connectivity index (χ0n) is 14.0. The number of ketones is 1. The smallest absolute Gasteiger partial charge is 0.329 e. The average molecular weight is 360 g/mol. The Morgan fingerprint density at radius 3 is 2.40 bits per heavy atom. The molecule has 2 aromatic rings. The number of Topliss-reactive ketones (excluding diaryl/α,β-unsaturated/α-hetero) is 1. The molecule has 1 aromatic carbocycles. The summed E-state index contributed by atoms with van der Waals surface area (Å²) in [7, 11) is 0. The van der Waals surface area contributed by atoms with E-state index < -0.39 is 18.0 Å². The molecular formula is C18H20N2O4S. The van der Waals surface area contributed by atoms with Gasteiger partial charge >= 0.3 is 12.0 Å². The van der Waals surface area contributed by atoms with Gasteiger partial charge in [-0.3, -0.25) is 4.79 Å². The van der Waals surface area contributed by atoms with Gasteiger partial charge in [0.15, 0.2) is 6.61 Å². The van der Waals surface area contributed by atoms with E-state index >= 15 is 0 Å². The SMILES string of the molecule is CC(C)[C@H](NC(=O)Nc1ccccc1)C(=O)OCC(=O)c1cccs1. The van der Waals surface area contributed by atoms with Gasteiger partial charge in [0.05, 0.1) is 4.88 Å². The van der Waals surface area contributed by atoms with Crippen molar-refractivity contribution in [2.24, 2.45) is 5.92 Å². The van der Waals surface area contributed by atoms with Crippen molar-refractivity contribution in [3.8, 4) is 0 Å². The molecule has 0 radical (unpaired) electrons. The Morgan fingerprint density at radius 1 is 1.08 bits per heavy atom. The van der Waals surface area contributed by atoms with E-state index in [2.05, 4.69) is 10.6 Å². The number of amides is 2. The molecule has 0 saturated carbocycles. The van der Waals surface area contributed by atoms with Crippen LogP contribution in [0.1, 0.15) is 23.5 Å². The van der Waals surface area contributed by atoms with E-state index in [0.717, 1.165) is 0 Å². The minimum absolute atomic E-state index is 0.189. The quantitative estimate of drug-likeness (QED) is 0.586. The molecule has 0 aliphatic carbocycles. The van der Waals surface area contributed by atoms with E-state index in [4.69, 9.17) is 4.74 Å². The molecule has 7 heteroatoms. The molecule has 2 rings (SSSR count). The van der Waals surface area contributed by atoms with E-state index in [1.54, 1.807) is 55.6 Å². The molecule has 0 bridgehead atoms. The summed E-state index contributed by atoms with van der Waals surface area (Å²) in [6.07, 6.45) is 0.